The number of ether oxygens (including phenoxy) is 1. The van der Waals surface area contributed by atoms with Crippen LogP contribution in [-0.2, 0) is 5.33 Å². The van der Waals surface area contributed by atoms with E-state index in [1.165, 1.54) is 21.2 Å². The summed E-state index contributed by atoms with van der Waals surface area (Å²) in [5, 5.41) is 4.20. The lowest BCUT2D eigenvalue weighted by molar-refractivity contribution is 0.421. The average Bonchev–Trinajstić information content (AvgIpc) is 2.62. The van der Waals surface area contributed by atoms with E-state index in [0.717, 1.165) is 11.1 Å². The fraction of sp³-hybridized carbons (Fsp3) is 0.273. The van der Waals surface area contributed by atoms with Crippen molar-refractivity contribution >= 4 is 37.4 Å². The Morgan fingerprint density at radius 2 is 2.21 bits per heavy atom. The van der Waals surface area contributed by atoms with Gasteiger partial charge in [0, 0.05) is 20.8 Å². The Kier molecular flexibility index (Phi) is 2.79. The summed E-state index contributed by atoms with van der Waals surface area (Å²) in [6.07, 6.45) is 0. The first-order chi connectivity index (χ1) is 6.77. The van der Waals surface area contributed by atoms with Crippen LogP contribution in [0.2, 0.25) is 0 Å². The first kappa shape index (κ1) is 9.99. The monoisotopic (exact) mass is 270 g/mol. The lowest BCUT2D eigenvalue weighted by atomic mass is 10.1. The Morgan fingerprint density at radius 1 is 1.43 bits per heavy atom. The molecule has 0 fully saturated rings. The normalized spacial score (nSPS) is 10.8. The van der Waals surface area contributed by atoms with E-state index in [1.807, 2.05) is 0 Å². The maximum Gasteiger partial charge on any atom is 0.137 e. The van der Waals surface area contributed by atoms with Gasteiger partial charge in [0.05, 0.1) is 7.11 Å². The third kappa shape index (κ3) is 1.44. The molecule has 0 aliphatic carbocycles. The van der Waals surface area contributed by atoms with Gasteiger partial charge in [-0.05, 0) is 24.1 Å². The van der Waals surface area contributed by atoms with Crippen LogP contribution in [0.4, 0.5) is 0 Å². The second-order valence-corrected chi connectivity index (χ2v) is 4.60. The van der Waals surface area contributed by atoms with Crippen molar-refractivity contribution < 1.29 is 4.74 Å². The summed E-state index contributed by atoms with van der Waals surface area (Å²) >= 11 is 5.24. The largest absolute Gasteiger partial charge is 0.495 e. The minimum absolute atomic E-state index is 0.912. The molecule has 2 aromatic rings. The zero-order chi connectivity index (χ0) is 10.1. The molecule has 1 aromatic carbocycles. The lowest BCUT2D eigenvalue weighted by Crippen LogP contribution is -1.85. The number of thiophene rings is 1. The summed E-state index contributed by atoms with van der Waals surface area (Å²) in [5.74, 6) is 0.981. The van der Waals surface area contributed by atoms with Gasteiger partial charge >= 0.3 is 0 Å². The van der Waals surface area contributed by atoms with Gasteiger partial charge < -0.3 is 4.74 Å². The third-order valence-corrected chi connectivity index (χ3v) is 4.13. The Hall–Kier alpha value is -0.540. The van der Waals surface area contributed by atoms with Crippen molar-refractivity contribution in [3.05, 3.63) is 28.6 Å². The highest BCUT2D eigenvalue weighted by molar-refractivity contribution is 9.08. The topological polar surface area (TPSA) is 9.23 Å². The Bertz CT molecular complexity index is 462. The van der Waals surface area contributed by atoms with Crippen LogP contribution in [0.1, 0.15) is 11.1 Å². The zero-order valence-electron chi connectivity index (χ0n) is 8.13. The van der Waals surface area contributed by atoms with Gasteiger partial charge in [-0.3, -0.25) is 0 Å². The van der Waals surface area contributed by atoms with Crippen LogP contribution < -0.4 is 4.74 Å². The Morgan fingerprint density at radius 3 is 2.86 bits per heavy atom. The van der Waals surface area contributed by atoms with E-state index in [0.29, 0.717) is 0 Å². The number of aryl methyl sites for hydroxylation is 1. The number of hydrogen-bond donors (Lipinski definition) is 0. The molecule has 1 aromatic heterocycles. The molecule has 74 valence electrons. The second-order valence-electron chi connectivity index (χ2n) is 3.16. The number of rotatable bonds is 2. The van der Waals surface area contributed by atoms with Gasteiger partial charge in [0.25, 0.3) is 0 Å². The van der Waals surface area contributed by atoms with Crippen LogP contribution in [0.15, 0.2) is 17.5 Å². The Balaban J connectivity index is 2.72. The van der Waals surface area contributed by atoms with Crippen LogP contribution in [0, 0.1) is 6.92 Å². The van der Waals surface area contributed by atoms with Gasteiger partial charge in [0.2, 0.25) is 0 Å². The SMILES string of the molecule is COc1csc2c(C)c(CBr)ccc12. The molecule has 1 nitrogen and oxygen atoms in total. The first-order valence-electron chi connectivity index (χ1n) is 4.37. The highest BCUT2D eigenvalue weighted by Crippen LogP contribution is 2.35. The number of methoxy groups -OCH3 is 1. The van der Waals surface area contributed by atoms with Gasteiger partial charge in [-0.15, -0.1) is 11.3 Å². The summed E-state index contributed by atoms with van der Waals surface area (Å²) in [6, 6.07) is 4.29. The highest BCUT2D eigenvalue weighted by atomic mass is 79.9. The van der Waals surface area contributed by atoms with E-state index in [2.05, 4.69) is 40.4 Å². The minimum Gasteiger partial charge on any atom is -0.495 e. The summed E-state index contributed by atoms with van der Waals surface area (Å²) in [7, 11) is 1.72. The number of benzene rings is 1. The number of hydrogen-bond acceptors (Lipinski definition) is 2. The molecule has 0 bridgehead atoms. The molecule has 0 aliphatic rings. The maximum atomic E-state index is 5.29. The number of alkyl halides is 1. The number of fused-ring (bicyclic) bond motifs is 1. The highest BCUT2D eigenvalue weighted by Gasteiger charge is 2.08. The van der Waals surface area contributed by atoms with Gasteiger partial charge in [-0.2, -0.15) is 0 Å². The van der Waals surface area contributed by atoms with Gasteiger partial charge in [0.1, 0.15) is 5.75 Å². The van der Waals surface area contributed by atoms with E-state index in [-0.39, 0.29) is 0 Å². The molecule has 0 unspecified atom stereocenters. The van der Waals surface area contributed by atoms with Crippen LogP contribution in [-0.4, -0.2) is 7.11 Å². The van der Waals surface area contributed by atoms with Crippen molar-refractivity contribution in [1.82, 2.24) is 0 Å². The Labute approximate surface area is 95.8 Å². The molecule has 1 heterocycles. The second kappa shape index (κ2) is 3.91. The van der Waals surface area contributed by atoms with Crippen molar-refractivity contribution in [3.63, 3.8) is 0 Å². The third-order valence-electron chi connectivity index (χ3n) is 2.43. The molecule has 0 aliphatic heterocycles. The molecule has 0 amide bonds. The molecule has 3 heteroatoms. The van der Waals surface area contributed by atoms with E-state index < -0.39 is 0 Å². The predicted molar refractivity (Wildman–Crippen MR) is 65.7 cm³/mol. The molecule has 0 spiro atoms. The van der Waals surface area contributed by atoms with Crippen LogP contribution in [0.3, 0.4) is 0 Å². The van der Waals surface area contributed by atoms with Crippen LogP contribution in [0.25, 0.3) is 10.1 Å². The van der Waals surface area contributed by atoms with E-state index in [9.17, 15) is 0 Å². The molecular weight excluding hydrogens is 260 g/mol. The van der Waals surface area contributed by atoms with Gasteiger partial charge in [-0.25, -0.2) is 0 Å². The maximum absolute atomic E-state index is 5.29. The predicted octanol–water partition coefficient (Wildman–Crippen LogP) is 4.11. The van der Waals surface area contributed by atoms with E-state index >= 15 is 0 Å². The molecular formula is C11H11BrOS. The summed E-state index contributed by atoms with van der Waals surface area (Å²) in [6.45, 7) is 2.16. The molecule has 0 atom stereocenters. The van der Waals surface area contributed by atoms with E-state index in [4.69, 9.17) is 4.74 Å². The van der Waals surface area contributed by atoms with Gasteiger partial charge in [-0.1, -0.05) is 22.0 Å². The van der Waals surface area contributed by atoms with Crippen molar-refractivity contribution in [1.29, 1.82) is 0 Å². The first-order valence-corrected chi connectivity index (χ1v) is 6.37. The quantitative estimate of drug-likeness (QED) is 0.747. The van der Waals surface area contributed by atoms with Crippen molar-refractivity contribution in [2.75, 3.05) is 7.11 Å². The lowest BCUT2D eigenvalue weighted by Gasteiger charge is -2.03. The summed E-state index contributed by atoms with van der Waals surface area (Å²) in [4.78, 5) is 0. The molecule has 14 heavy (non-hydrogen) atoms. The summed E-state index contributed by atoms with van der Waals surface area (Å²) < 4.78 is 6.63. The van der Waals surface area contributed by atoms with Crippen molar-refractivity contribution in [2.45, 2.75) is 12.3 Å². The van der Waals surface area contributed by atoms with Gasteiger partial charge in [0.15, 0.2) is 0 Å². The minimum atomic E-state index is 0.912. The van der Waals surface area contributed by atoms with Crippen LogP contribution >= 0.6 is 27.3 Å². The molecule has 0 saturated heterocycles. The average molecular weight is 271 g/mol. The van der Waals surface area contributed by atoms with E-state index in [1.54, 1.807) is 18.4 Å². The smallest absolute Gasteiger partial charge is 0.137 e. The standard InChI is InChI=1S/C11H11BrOS/c1-7-8(5-12)3-4-9-10(13-2)6-14-11(7)9/h3-4,6H,5H2,1-2H3. The van der Waals surface area contributed by atoms with Crippen LogP contribution in [0.5, 0.6) is 5.75 Å². The zero-order valence-corrected chi connectivity index (χ0v) is 10.5. The van der Waals surface area contributed by atoms with Crippen molar-refractivity contribution in [3.8, 4) is 5.75 Å². The summed E-state index contributed by atoms with van der Waals surface area (Å²) in [5.41, 5.74) is 2.70. The fourth-order valence-corrected chi connectivity index (χ4v) is 3.22. The van der Waals surface area contributed by atoms with Crippen molar-refractivity contribution in [2.24, 2.45) is 0 Å². The molecule has 0 saturated carbocycles. The molecule has 0 N–H and O–H groups in total. The number of halogens is 1. The fourth-order valence-electron chi connectivity index (χ4n) is 1.56. The molecule has 0 radical (unpaired) electrons. The molecule has 2 rings (SSSR count).